The molecule has 2 unspecified atom stereocenters. The Kier molecular flexibility index (Phi) is 4.03. The molecule has 2 aromatic rings. The first-order valence-electron chi connectivity index (χ1n) is 6.71. The zero-order valence-corrected chi connectivity index (χ0v) is 12.6. The predicted molar refractivity (Wildman–Crippen MR) is 80.8 cm³/mol. The van der Waals surface area contributed by atoms with Crippen LogP contribution in [0.5, 0.6) is 5.75 Å². The van der Waals surface area contributed by atoms with Gasteiger partial charge in [0, 0.05) is 28.7 Å². The molecule has 0 saturated carbocycles. The molecule has 0 spiro atoms. The van der Waals surface area contributed by atoms with Crippen LogP contribution in [0.1, 0.15) is 11.3 Å². The van der Waals surface area contributed by atoms with E-state index in [1.165, 1.54) is 5.56 Å². The number of aliphatic hydroxyl groups excluding tert-OH is 1. The third-order valence-electron chi connectivity index (χ3n) is 3.66. The molecule has 3 nitrogen and oxygen atoms in total. The van der Waals surface area contributed by atoms with Gasteiger partial charge in [-0.2, -0.15) is 0 Å². The van der Waals surface area contributed by atoms with E-state index >= 15 is 0 Å². The molecule has 0 amide bonds. The topological polar surface area (TPSA) is 42.4 Å². The molecule has 2 atom stereocenters. The van der Waals surface area contributed by atoms with Crippen LogP contribution >= 0.6 is 15.9 Å². The van der Waals surface area contributed by atoms with Crippen molar-refractivity contribution in [3.05, 3.63) is 58.3 Å². The van der Waals surface area contributed by atoms with Crippen molar-refractivity contribution in [2.75, 3.05) is 6.61 Å². The van der Waals surface area contributed by atoms with Gasteiger partial charge in [0.2, 0.25) is 0 Å². The largest absolute Gasteiger partial charge is 0.493 e. The fourth-order valence-corrected chi connectivity index (χ4v) is 2.74. The highest BCUT2D eigenvalue weighted by Gasteiger charge is 2.26. The number of para-hydroxylation sites is 1. The molecule has 1 aromatic heterocycles. The molecule has 0 radical (unpaired) electrons. The molecular weight excluding hydrogens is 318 g/mol. The van der Waals surface area contributed by atoms with Crippen molar-refractivity contribution in [2.45, 2.75) is 18.9 Å². The summed E-state index contributed by atoms with van der Waals surface area (Å²) in [5.41, 5.74) is 2.08. The van der Waals surface area contributed by atoms with E-state index in [-0.39, 0.29) is 5.92 Å². The van der Waals surface area contributed by atoms with E-state index in [1.54, 1.807) is 6.20 Å². The number of benzene rings is 1. The Balaban J connectivity index is 1.67. The second kappa shape index (κ2) is 5.94. The smallest absolute Gasteiger partial charge is 0.122 e. The highest BCUT2D eigenvalue weighted by atomic mass is 79.9. The Morgan fingerprint density at radius 1 is 1.30 bits per heavy atom. The molecule has 2 heterocycles. The van der Waals surface area contributed by atoms with Gasteiger partial charge in [0.1, 0.15) is 5.75 Å². The van der Waals surface area contributed by atoms with E-state index in [2.05, 4.69) is 27.0 Å². The number of pyridine rings is 1. The maximum Gasteiger partial charge on any atom is 0.122 e. The third-order valence-corrected chi connectivity index (χ3v) is 4.13. The molecule has 3 rings (SSSR count). The van der Waals surface area contributed by atoms with E-state index in [0.29, 0.717) is 13.0 Å². The van der Waals surface area contributed by atoms with Gasteiger partial charge in [-0.3, -0.25) is 4.98 Å². The molecule has 0 fully saturated rings. The van der Waals surface area contributed by atoms with Gasteiger partial charge >= 0.3 is 0 Å². The maximum absolute atomic E-state index is 10.4. The van der Waals surface area contributed by atoms with Crippen LogP contribution in [0.4, 0.5) is 0 Å². The number of hydrogen-bond donors (Lipinski definition) is 1. The number of halogens is 1. The molecule has 1 aromatic carbocycles. The Morgan fingerprint density at radius 2 is 2.15 bits per heavy atom. The summed E-state index contributed by atoms with van der Waals surface area (Å²) in [6.07, 6.45) is 2.74. The molecule has 20 heavy (non-hydrogen) atoms. The van der Waals surface area contributed by atoms with Gasteiger partial charge in [-0.15, -0.1) is 0 Å². The SMILES string of the molecule is OC(Cc1ccc(Br)cn1)C1COc2ccccc2C1. The minimum absolute atomic E-state index is 0.121. The summed E-state index contributed by atoms with van der Waals surface area (Å²) >= 11 is 3.36. The second-order valence-electron chi connectivity index (χ2n) is 5.12. The normalized spacial score (nSPS) is 19.0. The standard InChI is InChI=1S/C16H16BrNO2/c17-13-5-6-14(18-9-13)8-15(19)12-7-11-3-1-2-4-16(11)20-10-12/h1-6,9,12,15,19H,7-8,10H2. The molecule has 0 saturated heterocycles. The minimum Gasteiger partial charge on any atom is -0.493 e. The number of rotatable bonds is 3. The second-order valence-corrected chi connectivity index (χ2v) is 6.04. The summed E-state index contributed by atoms with van der Waals surface area (Å²) in [4.78, 5) is 4.31. The number of hydrogen-bond acceptors (Lipinski definition) is 3. The van der Waals surface area contributed by atoms with E-state index in [0.717, 1.165) is 22.3 Å². The van der Waals surface area contributed by atoms with E-state index in [4.69, 9.17) is 4.74 Å². The summed E-state index contributed by atoms with van der Waals surface area (Å²) in [5, 5.41) is 10.4. The van der Waals surface area contributed by atoms with Crippen molar-refractivity contribution < 1.29 is 9.84 Å². The average molecular weight is 334 g/mol. The van der Waals surface area contributed by atoms with Crippen LogP contribution in [-0.4, -0.2) is 22.8 Å². The molecule has 1 N–H and O–H groups in total. The van der Waals surface area contributed by atoms with Gasteiger partial charge in [0.25, 0.3) is 0 Å². The van der Waals surface area contributed by atoms with Gasteiger partial charge in [-0.25, -0.2) is 0 Å². The Labute approximate surface area is 126 Å². The summed E-state index contributed by atoms with van der Waals surface area (Å²) < 4.78 is 6.68. The van der Waals surface area contributed by atoms with Crippen LogP contribution in [0.25, 0.3) is 0 Å². The lowest BCUT2D eigenvalue weighted by molar-refractivity contribution is 0.0646. The summed E-state index contributed by atoms with van der Waals surface area (Å²) in [6.45, 7) is 0.564. The average Bonchev–Trinajstić information content (AvgIpc) is 2.49. The zero-order chi connectivity index (χ0) is 13.9. The lowest BCUT2D eigenvalue weighted by atomic mass is 9.90. The number of fused-ring (bicyclic) bond motifs is 1. The van der Waals surface area contributed by atoms with Crippen LogP contribution < -0.4 is 4.74 Å². The summed E-state index contributed by atoms with van der Waals surface area (Å²) in [7, 11) is 0. The summed E-state index contributed by atoms with van der Waals surface area (Å²) in [5.74, 6) is 1.06. The Morgan fingerprint density at radius 3 is 2.95 bits per heavy atom. The molecule has 4 heteroatoms. The van der Waals surface area contributed by atoms with Crippen LogP contribution in [0.15, 0.2) is 47.1 Å². The monoisotopic (exact) mass is 333 g/mol. The van der Waals surface area contributed by atoms with Gasteiger partial charge in [0.05, 0.1) is 12.7 Å². The van der Waals surface area contributed by atoms with Crippen LogP contribution in [0.3, 0.4) is 0 Å². The van der Waals surface area contributed by atoms with Crippen molar-refractivity contribution in [2.24, 2.45) is 5.92 Å². The molecule has 0 aliphatic carbocycles. The predicted octanol–water partition coefficient (Wildman–Crippen LogP) is 3.00. The lowest BCUT2D eigenvalue weighted by Gasteiger charge is -2.28. The van der Waals surface area contributed by atoms with Crippen LogP contribution in [-0.2, 0) is 12.8 Å². The molecule has 1 aliphatic heterocycles. The molecule has 104 valence electrons. The fraction of sp³-hybridized carbons (Fsp3) is 0.312. The quantitative estimate of drug-likeness (QED) is 0.938. The Hall–Kier alpha value is -1.39. The minimum atomic E-state index is -0.433. The summed E-state index contributed by atoms with van der Waals surface area (Å²) in [6, 6.07) is 11.9. The van der Waals surface area contributed by atoms with Crippen molar-refractivity contribution in [3.63, 3.8) is 0 Å². The number of aliphatic hydroxyl groups is 1. The lowest BCUT2D eigenvalue weighted by Crippen LogP contribution is -2.33. The van der Waals surface area contributed by atoms with Gasteiger partial charge < -0.3 is 9.84 Å². The number of aromatic nitrogens is 1. The molecular formula is C16H16BrNO2. The van der Waals surface area contributed by atoms with E-state index < -0.39 is 6.10 Å². The fourth-order valence-electron chi connectivity index (χ4n) is 2.51. The first kappa shape index (κ1) is 13.6. The number of nitrogens with zero attached hydrogens (tertiary/aromatic N) is 1. The highest BCUT2D eigenvalue weighted by molar-refractivity contribution is 9.10. The van der Waals surface area contributed by atoms with Crippen molar-refractivity contribution in [3.8, 4) is 5.75 Å². The maximum atomic E-state index is 10.4. The first-order chi connectivity index (χ1) is 9.72. The van der Waals surface area contributed by atoms with Crippen LogP contribution in [0, 0.1) is 5.92 Å². The third kappa shape index (κ3) is 3.02. The van der Waals surface area contributed by atoms with Gasteiger partial charge in [-0.05, 0) is 46.1 Å². The Bertz CT molecular complexity index is 585. The van der Waals surface area contributed by atoms with Gasteiger partial charge in [-0.1, -0.05) is 18.2 Å². The zero-order valence-electron chi connectivity index (χ0n) is 11.0. The molecule has 1 aliphatic rings. The highest BCUT2D eigenvalue weighted by Crippen LogP contribution is 2.29. The number of ether oxygens (including phenoxy) is 1. The molecule has 0 bridgehead atoms. The van der Waals surface area contributed by atoms with Crippen molar-refractivity contribution in [1.29, 1.82) is 0 Å². The van der Waals surface area contributed by atoms with Crippen molar-refractivity contribution in [1.82, 2.24) is 4.98 Å². The van der Waals surface area contributed by atoms with Crippen molar-refractivity contribution >= 4 is 15.9 Å². The van der Waals surface area contributed by atoms with E-state index in [9.17, 15) is 5.11 Å². The van der Waals surface area contributed by atoms with Crippen LogP contribution in [0.2, 0.25) is 0 Å². The first-order valence-corrected chi connectivity index (χ1v) is 7.51. The van der Waals surface area contributed by atoms with Gasteiger partial charge in [0.15, 0.2) is 0 Å². The van der Waals surface area contributed by atoms with E-state index in [1.807, 2.05) is 30.3 Å².